The zero-order chi connectivity index (χ0) is 15.7. The number of nitrogens with zero attached hydrogens (tertiary/aromatic N) is 1. The molecule has 1 aliphatic rings. The van der Waals surface area contributed by atoms with Gasteiger partial charge in [0.2, 0.25) is 0 Å². The highest BCUT2D eigenvalue weighted by Gasteiger charge is 2.18. The summed E-state index contributed by atoms with van der Waals surface area (Å²) in [6.07, 6.45) is 0. The van der Waals surface area contributed by atoms with Gasteiger partial charge in [-0.1, -0.05) is 17.7 Å². The van der Waals surface area contributed by atoms with Crippen molar-refractivity contribution in [2.24, 2.45) is 0 Å². The van der Waals surface area contributed by atoms with Crippen LogP contribution in [0.1, 0.15) is 0 Å². The quantitative estimate of drug-likeness (QED) is 0.934. The molecule has 1 heterocycles. The number of fused-ring (bicyclic) bond motifs is 1. The molecule has 22 heavy (non-hydrogen) atoms. The summed E-state index contributed by atoms with van der Waals surface area (Å²) in [6, 6.07) is 11.4. The minimum absolute atomic E-state index is 0.121. The lowest BCUT2D eigenvalue weighted by Gasteiger charge is -2.28. The fraction of sp³-hybridized carbons (Fsp3) is 0.200. The van der Waals surface area contributed by atoms with Crippen molar-refractivity contribution in [3.8, 4) is 5.75 Å². The van der Waals surface area contributed by atoms with Crippen LogP contribution in [0.2, 0.25) is 5.02 Å². The van der Waals surface area contributed by atoms with Gasteiger partial charge in [0.1, 0.15) is 12.4 Å². The second kappa shape index (κ2) is 5.70. The van der Waals surface area contributed by atoms with E-state index in [4.69, 9.17) is 16.3 Å². The van der Waals surface area contributed by atoms with E-state index < -0.39 is 10.0 Å². The first-order chi connectivity index (χ1) is 10.5. The molecule has 116 valence electrons. The third-order valence-corrected chi connectivity index (χ3v) is 5.03. The number of benzene rings is 2. The SMILES string of the molecule is CN1CCOc2cc(NS(=O)(=O)c3cccc(Cl)c3)ccc21. The van der Waals surface area contributed by atoms with Gasteiger partial charge >= 0.3 is 0 Å². The minimum atomic E-state index is -3.68. The second-order valence-electron chi connectivity index (χ2n) is 5.02. The number of halogens is 1. The normalized spacial score (nSPS) is 14.2. The van der Waals surface area contributed by atoms with E-state index in [2.05, 4.69) is 9.62 Å². The summed E-state index contributed by atoms with van der Waals surface area (Å²) in [7, 11) is -1.71. The van der Waals surface area contributed by atoms with Crippen LogP contribution in [0.3, 0.4) is 0 Å². The number of sulfonamides is 1. The van der Waals surface area contributed by atoms with Crippen molar-refractivity contribution in [3.05, 3.63) is 47.5 Å². The monoisotopic (exact) mass is 338 g/mol. The molecule has 7 heteroatoms. The fourth-order valence-electron chi connectivity index (χ4n) is 2.27. The molecule has 3 rings (SSSR count). The van der Waals surface area contributed by atoms with Crippen LogP contribution in [0.4, 0.5) is 11.4 Å². The Labute approximate surface area is 134 Å². The Balaban J connectivity index is 1.90. The van der Waals surface area contributed by atoms with Crippen LogP contribution < -0.4 is 14.4 Å². The number of likely N-dealkylation sites (N-methyl/N-ethyl adjacent to an activating group) is 1. The van der Waals surface area contributed by atoms with Crippen LogP contribution in [0, 0.1) is 0 Å². The summed E-state index contributed by atoms with van der Waals surface area (Å²) in [4.78, 5) is 2.18. The van der Waals surface area contributed by atoms with Crippen molar-refractivity contribution in [1.82, 2.24) is 0 Å². The molecule has 2 aromatic carbocycles. The van der Waals surface area contributed by atoms with E-state index in [1.165, 1.54) is 12.1 Å². The number of anilines is 2. The number of nitrogens with one attached hydrogen (secondary N) is 1. The first kappa shape index (κ1) is 15.0. The van der Waals surface area contributed by atoms with Gasteiger partial charge in [0.15, 0.2) is 0 Å². The highest BCUT2D eigenvalue weighted by atomic mass is 35.5. The average Bonchev–Trinajstić information content (AvgIpc) is 2.47. The lowest BCUT2D eigenvalue weighted by Crippen LogP contribution is -2.28. The molecule has 0 bridgehead atoms. The molecule has 0 atom stereocenters. The molecule has 0 radical (unpaired) electrons. The Morgan fingerprint density at radius 2 is 2.05 bits per heavy atom. The van der Waals surface area contributed by atoms with Crippen molar-refractivity contribution in [2.75, 3.05) is 29.8 Å². The summed E-state index contributed by atoms with van der Waals surface area (Å²) >= 11 is 5.85. The van der Waals surface area contributed by atoms with Gasteiger partial charge in [0, 0.05) is 18.1 Å². The number of hydrogen-bond donors (Lipinski definition) is 1. The first-order valence-corrected chi connectivity index (χ1v) is 8.58. The van der Waals surface area contributed by atoms with E-state index in [0.717, 1.165) is 12.2 Å². The van der Waals surface area contributed by atoms with Gasteiger partial charge in [-0.05, 0) is 30.3 Å². The van der Waals surface area contributed by atoms with Crippen LogP contribution in [-0.4, -0.2) is 28.6 Å². The van der Waals surface area contributed by atoms with Crippen LogP contribution in [0.15, 0.2) is 47.4 Å². The van der Waals surface area contributed by atoms with Gasteiger partial charge in [-0.3, -0.25) is 4.72 Å². The lowest BCUT2D eigenvalue weighted by atomic mass is 10.2. The van der Waals surface area contributed by atoms with E-state index in [9.17, 15) is 8.42 Å². The highest BCUT2D eigenvalue weighted by molar-refractivity contribution is 7.92. The second-order valence-corrected chi connectivity index (χ2v) is 7.13. The van der Waals surface area contributed by atoms with Crippen LogP contribution in [0.25, 0.3) is 0 Å². The third kappa shape index (κ3) is 2.98. The zero-order valence-electron chi connectivity index (χ0n) is 11.9. The van der Waals surface area contributed by atoms with E-state index in [1.54, 1.807) is 24.3 Å². The standard InChI is InChI=1S/C15H15ClN2O3S/c1-18-7-8-21-15-10-12(5-6-14(15)18)17-22(19,20)13-4-2-3-11(16)9-13/h2-6,9-10,17H,7-8H2,1H3. The Hall–Kier alpha value is -1.92. The Morgan fingerprint density at radius 3 is 2.82 bits per heavy atom. The molecule has 0 saturated carbocycles. The molecule has 2 aromatic rings. The largest absolute Gasteiger partial charge is 0.489 e. The van der Waals surface area contributed by atoms with Gasteiger partial charge < -0.3 is 9.64 Å². The maximum atomic E-state index is 12.4. The molecule has 0 aliphatic carbocycles. The molecule has 0 aromatic heterocycles. The van der Waals surface area contributed by atoms with Crippen molar-refractivity contribution in [2.45, 2.75) is 4.90 Å². The molecule has 0 amide bonds. The molecular weight excluding hydrogens is 324 g/mol. The minimum Gasteiger partial charge on any atom is -0.489 e. The summed E-state index contributed by atoms with van der Waals surface area (Å²) < 4.78 is 32.8. The van der Waals surface area contributed by atoms with E-state index >= 15 is 0 Å². The zero-order valence-corrected chi connectivity index (χ0v) is 13.5. The smallest absolute Gasteiger partial charge is 0.261 e. The van der Waals surface area contributed by atoms with Crippen LogP contribution in [-0.2, 0) is 10.0 Å². The van der Waals surface area contributed by atoms with Crippen molar-refractivity contribution < 1.29 is 13.2 Å². The average molecular weight is 339 g/mol. The van der Waals surface area contributed by atoms with Crippen molar-refractivity contribution in [3.63, 3.8) is 0 Å². The number of rotatable bonds is 3. The highest BCUT2D eigenvalue weighted by Crippen LogP contribution is 2.33. The van der Waals surface area contributed by atoms with Crippen molar-refractivity contribution >= 4 is 33.0 Å². The van der Waals surface area contributed by atoms with E-state index in [0.29, 0.717) is 23.1 Å². The van der Waals surface area contributed by atoms with Crippen molar-refractivity contribution in [1.29, 1.82) is 0 Å². The molecule has 1 N–H and O–H groups in total. The van der Waals surface area contributed by atoms with Gasteiger partial charge in [-0.25, -0.2) is 8.42 Å². The molecule has 0 fully saturated rings. The molecule has 0 saturated heterocycles. The third-order valence-electron chi connectivity index (χ3n) is 3.41. The molecule has 0 unspecified atom stereocenters. The lowest BCUT2D eigenvalue weighted by molar-refractivity contribution is 0.311. The van der Waals surface area contributed by atoms with E-state index in [1.807, 2.05) is 13.1 Å². The maximum Gasteiger partial charge on any atom is 0.261 e. The Kier molecular flexibility index (Phi) is 3.88. The summed E-state index contributed by atoms with van der Waals surface area (Å²) in [5.74, 6) is 0.667. The summed E-state index contributed by atoms with van der Waals surface area (Å²) in [6.45, 7) is 1.38. The molecule has 5 nitrogen and oxygen atoms in total. The predicted octanol–water partition coefficient (Wildman–Crippen LogP) is 2.97. The fourth-order valence-corrected chi connectivity index (χ4v) is 3.62. The number of ether oxygens (including phenoxy) is 1. The van der Waals surface area contributed by atoms with Gasteiger partial charge in [0.05, 0.1) is 22.8 Å². The number of hydrogen-bond acceptors (Lipinski definition) is 4. The molecular formula is C15H15ClN2O3S. The topological polar surface area (TPSA) is 58.6 Å². The summed E-state index contributed by atoms with van der Waals surface area (Å²) in [5, 5.41) is 0.373. The Morgan fingerprint density at radius 1 is 1.23 bits per heavy atom. The Bertz CT molecular complexity index is 808. The van der Waals surface area contributed by atoms with Gasteiger partial charge in [0.25, 0.3) is 10.0 Å². The van der Waals surface area contributed by atoms with Gasteiger partial charge in [-0.15, -0.1) is 0 Å². The van der Waals surface area contributed by atoms with Gasteiger partial charge in [-0.2, -0.15) is 0 Å². The first-order valence-electron chi connectivity index (χ1n) is 6.72. The predicted molar refractivity (Wildman–Crippen MR) is 87.5 cm³/mol. The van der Waals surface area contributed by atoms with E-state index in [-0.39, 0.29) is 4.90 Å². The maximum absolute atomic E-state index is 12.4. The molecule has 0 spiro atoms. The van der Waals surface area contributed by atoms with Crippen LogP contribution >= 0.6 is 11.6 Å². The summed E-state index contributed by atoms with van der Waals surface area (Å²) in [5.41, 5.74) is 1.39. The molecule has 1 aliphatic heterocycles. The van der Waals surface area contributed by atoms with Crippen LogP contribution in [0.5, 0.6) is 5.75 Å².